The predicted molar refractivity (Wildman–Crippen MR) is 64.9 cm³/mol. The fourth-order valence-electron chi connectivity index (χ4n) is 1.90. The zero-order valence-corrected chi connectivity index (χ0v) is 9.23. The third kappa shape index (κ3) is 1.74. The highest BCUT2D eigenvalue weighted by Gasteiger charge is 2.29. The normalized spacial score (nSPS) is 19.9. The molecule has 1 atom stereocenters. The van der Waals surface area contributed by atoms with Crippen molar-refractivity contribution >= 4 is 17.3 Å². The second kappa shape index (κ2) is 3.90. The van der Waals surface area contributed by atoms with Crippen molar-refractivity contribution in [3.8, 4) is 12.3 Å². The van der Waals surface area contributed by atoms with Gasteiger partial charge in [0.25, 0.3) is 0 Å². The highest BCUT2D eigenvalue weighted by Crippen LogP contribution is 2.27. The number of rotatable bonds is 1. The Balaban J connectivity index is 2.29. The summed E-state index contributed by atoms with van der Waals surface area (Å²) in [5.41, 5.74) is 8.34. The first-order chi connectivity index (χ1) is 7.61. The maximum absolute atomic E-state index is 11.7. The Morgan fingerprint density at radius 1 is 1.56 bits per heavy atom. The number of amides is 1. The standard InChI is InChI=1S/C13H14N2O/c1-3-10-7-13(16)15(8-10)11-4-5-12(14)9(2)6-11/h1,4-6,10H,7-8,14H2,2H3. The monoisotopic (exact) mass is 214 g/mol. The van der Waals surface area contributed by atoms with Gasteiger partial charge in [0.05, 0.1) is 0 Å². The maximum Gasteiger partial charge on any atom is 0.228 e. The molecule has 1 aromatic rings. The zero-order valence-electron chi connectivity index (χ0n) is 9.23. The minimum atomic E-state index is 0.0327. The first-order valence-electron chi connectivity index (χ1n) is 5.24. The molecule has 0 bridgehead atoms. The average molecular weight is 214 g/mol. The van der Waals surface area contributed by atoms with Crippen LogP contribution in [0.2, 0.25) is 0 Å². The number of carbonyl (C=O) groups is 1. The number of hydrogen-bond acceptors (Lipinski definition) is 2. The Morgan fingerprint density at radius 3 is 2.88 bits per heavy atom. The fraction of sp³-hybridized carbons (Fsp3) is 0.308. The summed E-state index contributed by atoms with van der Waals surface area (Å²) >= 11 is 0. The topological polar surface area (TPSA) is 46.3 Å². The quantitative estimate of drug-likeness (QED) is 0.569. The molecule has 0 aromatic heterocycles. The van der Waals surface area contributed by atoms with E-state index in [1.807, 2.05) is 25.1 Å². The van der Waals surface area contributed by atoms with E-state index < -0.39 is 0 Å². The van der Waals surface area contributed by atoms with Crippen LogP contribution in [0.4, 0.5) is 11.4 Å². The molecule has 2 rings (SSSR count). The van der Waals surface area contributed by atoms with Crippen LogP contribution in [-0.2, 0) is 4.79 Å². The molecule has 0 aliphatic carbocycles. The zero-order chi connectivity index (χ0) is 11.7. The molecule has 0 saturated carbocycles. The lowest BCUT2D eigenvalue weighted by Crippen LogP contribution is -2.24. The van der Waals surface area contributed by atoms with Gasteiger partial charge in [0.15, 0.2) is 0 Å². The summed E-state index contributed by atoms with van der Waals surface area (Å²) in [7, 11) is 0. The number of carbonyl (C=O) groups excluding carboxylic acids is 1. The van der Waals surface area contributed by atoms with E-state index in [2.05, 4.69) is 5.92 Å². The summed E-state index contributed by atoms with van der Waals surface area (Å²) in [5.74, 6) is 2.76. The Morgan fingerprint density at radius 2 is 2.31 bits per heavy atom. The van der Waals surface area contributed by atoms with Crippen molar-refractivity contribution in [1.29, 1.82) is 0 Å². The van der Waals surface area contributed by atoms with Gasteiger partial charge in [-0.25, -0.2) is 0 Å². The molecule has 1 aliphatic rings. The van der Waals surface area contributed by atoms with Gasteiger partial charge in [0.1, 0.15) is 0 Å². The highest BCUT2D eigenvalue weighted by atomic mass is 16.2. The van der Waals surface area contributed by atoms with Crippen LogP contribution in [0.1, 0.15) is 12.0 Å². The van der Waals surface area contributed by atoms with E-state index in [1.54, 1.807) is 4.90 Å². The second-order valence-electron chi connectivity index (χ2n) is 4.11. The van der Waals surface area contributed by atoms with E-state index in [4.69, 9.17) is 12.2 Å². The van der Waals surface area contributed by atoms with Crippen molar-refractivity contribution < 1.29 is 4.79 Å². The largest absolute Gasteiger partial charge is 0.399 e. The summed E-state index contributed by atoms with van der Waals surface area (Å²) < 4.78 is 0. The van der Waals surface area contributed by atoms with Crippen LogP contribution in [-0.4, -0.2) is 12.5 Å². The van der Waals surface area contributed by atoms with Crippen LogP contribution >= 0.6 is 0 Å². The van der Waals surface area contributed by atoms with Crippen molar-refractivity contribution in [2.24, 2.45) is 5.92 Å². The molecule has 1 heterocycles. The number of terminal acetylenes is 1. The van der Waals surface area contributed by atoms with Crippen molar-refractivity contribution in [3.05, 3.63) is 23.8 Å². The van der Waals surface area contributed by atoms with Crippen LogP contribution in [0.5, 0.6) is 0 Å². The first kappa shape index (κ1) is 10.6. The molecule has 1 amide bonds. The molecular formula is C13H14N2O. The maximum atomic E-state index is 11.7. The lowest BCUT2D eigenvalue weighted by molar-refractivity contribution is -0.117. The van der Waals surface area contributed by atoms with Gasteiger partial charge in [0.2, 0.25) is 5.91 Å². The van der Waals surface area contributed by atoms with Gasteiger partial charge in [-0.1, -0.05) is 0 Å². The lowest BCUT2D eigenvalue weighted by Gasteiger charge is -2.17. The van der Waals surface area contributed by atoms with Crippen LogP contribution in [0.15, 0.2) is 18.2 Å². The molecule has 0 spiro atoms. The summed E-state index contributed by atoms with van der Waals surface area (Å²) in [6.07, 6.45) is 5.79. The number of hydrogen-bond donors (Lipinski definition) is 1. The van der Waals surface area contributed by atoms with Crippen molar-refractivity contribution in [2.45, 2.75) is 13.3 Å². The number of nitrogen functional groups attached to an aromatic ring is 1. The van der Waals surface area contributed by atoms with Crippen molar-refractivity contribution in [1.82, 2.24) is 0 Å². The molecule has 0 radical (unpaired) electrons. The van der Waals surface area contributed by atoms with Gasteiger partial charge in [-0.2, -0.15) is 0 Å². The average Bonchev–Trinajstić information content (AvgIpc) is 2.64. The lowest BCUT2D eigenvalue weighted by atomic mass is 10.1. The molecule has 1 saturated heterocycles. The Labute approximate surface area is 95.2 Å². The van der Waals surface area contributed by atoms with Gasteiger partial charge in [-0.3, -0.25) is 4.79 Å². The molecule has 1 unspecified atom stereocenters. The molecular weight excluding hydrogens is 200 g/mol. The number of nitrogens with two attached hydrogens (primary N) is 1. The van der Waals surface area contributed by atoms with Crippen molar-refractivity contribution in [2.75, 3.05) is 17.2 Å². The third-order valence-corrected chi connectivity index (χ3v) is 2.93. The first-order valence-corrected chi connectivity index (χ1v) is 5.24. The molecule has 1 aliphatic heterocycles. The van der Waals surface area contributed by atoms with E-state index in [1.165, 1.54) is 0 Å². The third-order valence-electron chi connectivity index (χ3n) is 2.93. The molecule has 82 valence electrons. The Kier molecular flexibility index (Phi) is 2.57. The van der Waals surface area contributed by atoms with E-state index in [-0.39, 0.29) is 11.8 Å². The fourth-order valence-corrected chi connectivity index (χ4v) is 1.90. The van der Waals surface area contributed by atoms with Crippen LogP contribution in [0.3, 0.4) is 0 Å². The van der Waals surface area contributed by atoms with E-state index in [0.29, 0.717) is 13.0 Å². The predicted octanol–water partition coefficient (Wildman–Crippen LogP) is 1.56. The SMILES string of the molecule is C#CC1CC(=O)N(c2ccc(N)c(C)c2)C1. The van der Waals surface area contributed by atoms with Crippen molar-refractivity contribution in [3.63, 3.8) is 0 Å². The molecule has 1 aromatic carbocycles. The molecule has 2 N–H and O–H groups in total. The molecule has 3 heteroatoms. The van der Waals surface area contributed by atoms with Crippen LogP contribution < -0.4 is 10.6 Å². The van der Waals surface area contributed by atoms with Crippen LogP contribution in [0, 0.1) is 25.2 Å². The number of nitrogens with zero attached hydrogens (tertiary/aromatic N) is 1. The number of benzene rings is 1. The van der Waals surface area contributed by atoms with Crippen LogP contribution in [0.25, 0.3) is 0 Å². The minimum Gasteiger partial charge on any atom is -0.399 e. The summed E-state index contributed by atoms with van der Waals surface area (Å²) in [6, 6.07) is 5.60. The van der Waals surface area contributed by atoms with Gasteiger partial charge in [0, 0.05) is 30.3 Å². The molecule has 1 fully saturated rings. The van der Waals surface area contributed by atoms with E-state index >= 15 is 0 Å². The van der Waals surface area contributed by atoms with Gasteiger partial charge >= 0.3 is 0 Å². The van der Waals surface area contributed by atoms with Gasteiger partial charge < -0.3 is 10.6 Å². The van der Waals surface area contributed by atoms with Gasteiger partial charge in [-0.15, -0.1) is 12.3 Å². The minimum absolute atomic E-state index is 0.0327. The smallest absolute Gasteiger partial charge is 0.228 e. The van der Waals surface area contributed by atoms with E-state index in [0.717, 1.165) is 16.9 Å². The Hall–Kier alpha value is -1.95. The number of aryl methyl sites for hydroxylation is 1. The summed E-state index contributed by atoms with van der Waals surface area (Å²) in [6.45, 7) is 2.54. The summed E-state index contributed by atoms with van der Waals surface area (Å²) in [4.78, 5) is 13.5. The van der Waals surface area contributed by atoms with Gasteiger partial charge in [-0.05, 0) is 30.7 Å². The number of anilines is 2. The summed E-state index contributed by atoms with van der Waals surface area (Å²) in [5, 5.41) is 0. The molecule has 3 nitrogen and oxygen atoms in total. The molecule has 16 heavy (non-hydrogen) atoms. The Bertz CT molecular complexity index is 473. The van der Waals surface area contributed by atoms with E-state index in [9.17, 15) is 4.79 Å². The highest BCUT2D eigenvalue weighted by molar-refractivity contribution is 5.96. The second-order valence-corrected chi connectivity index (χ2v) is 4.11.